The number of aromatic nitrogens is 1. The van der Waals surface area contributed by atoms with Crippen molar-refractivity contribution in [3.8, 4) is 0 Å². The summed E-state index contributed by atoms with van der Waals surface area (Å²) in [4.78, 5) is 16.0. The van der Waals surface area contributed by atoms with Crippen molar-refractivity contribution < 1.29 is 9.78 Å². The van der Waals surface area contributed by atoms with Crippen LogP contribution in [0.4, 0.5) is 5.69 Å². The second-order valence-corrected chi connectivity index (χ2v) is 4.98. The number of hydrogen-bond acceptors (Lipinski definition) is 2. The average molecular weight is 275 g/mol. The number of piperidine rings is 1. The van der Waals surface area contributed by atoms with E-state index >= 15 is 0 Å². The van der Waals surface area contributed by atoms with Gasteiger partial charge in [0.05, 0.1) is 5.69 Å². The number of carbonyl (C=O) groups excluding carboxylic acids is 1. The molecule has 0 aliphatic carbocycles. The quantitative estimate of drug-likeness (QED) is 0.889. The van der Waals surface area contributed by atoms with Crippen molar-refractivity contribution in [1.82, 2.24) is 0 Å². The predicted molar refractivity (Wildman–Crippen MR) is 67.1 cm³/mol. The van der Waals surface area contributed by atoms with Gasteiger partial charge in [0.25, 0.3) is 0 Å². The smallest absolute Gasteiger partial charge is 0.220 e. The van der Waals surface area contributed by atoms with E-state index in [0.29, 0.717) is 10.0 Å². The van der Waals surface area contributed by atoms with Crippen LogP contribution in [-0.2, 0) is 4.79 Å². The number of nitrogens with zero attached hydrogens (tertiary/aromatic N) is 1. The first-order valence-corrected chi connectivity index (χ1v) is 6.24. The molecule has 1 aromatic heterocycles. The number of hydrogen-bond donors (Lipinski definition) is 1. The highest BCUT2D eigenvalue weighted by atomic mass is 35.5. The fourth-order valence-corrected chi connectivity index (χ4v) is 2.75. The molecular weight excluding hydrogens is 261 g/mol. The third-order valence-corrected chi connectivity index (χ3v) is 3.66. The lowest BCUT2D eigenvalue weighted by atomic mass is 9.96. The fourth-order valence-electron chi connectivity index (χ4n) is 2.13. The van der Waals surface area contributed by atoms with Crippen molar-refractivity contribution >= 4 is 34.8 Å². The molecule has 1 fully saturated rings. The van der Waals surface area contributed by atoms with Crippen LogP contribution in [0.3, 0.4) is 0 Å². The largest absolute Gasteiger partial charge is 0.369 e. The van der Waals surface area contributed by atoms with E-state index in [2.05, 4.69) is 9.88 Å². The van der Waals surface area contributed by atoms with Gasteiger partial charge in [-0.2, -0.15) is 0 Å². The van der Waals surface area contributed by atoms with Gasteiger partial charge in [-0.25, -0.2) is 4.98 Å². The zero-order valence-electron chi connectivity index (χ0n) is 9.25. The van der Waals surface area contributed by atoms with Crippen LogP contribution in [0.15, 0.2) is 12.4 Å². The third kappa shape index (κ3) is 2.64. The van der Waals surface area contributed by atoms with Crippen LogP contribution in [0.25, 0.3) is 0 Å². The minimum Gasteiger partial charge on any atom is -0.369 e. The molecule has 1 amide bonds. The molecule has 92 valence electrons. The van der Waals surface area contributed by atoms with Crippen LogP contribution in [0.2, 0.25) is 10.0 Å². The SMILES string of the molecule is NC(=O)C1CCN(c2c(Cl)c[nH+]cc2Cl)CC1. The number of aromatic amines is 1. The molecule has 0 aromatic carbocycles. The Hall–Kier alpha value is -1.00. The van der Waals surface area contributed by atoms with E-state index in [9.17, 15) is 4.79 Å². The Morgan fingerprint density at radius 3 is 2.29 bits per heavy atom. The van der Waals surface area contributed by atoms with Crippen molar-refractivity contribution in [2.75, 3.05) is 18.0 Å². The molecule has 2 heterocycles. The first-order valence-electron chi connectivity index (χ1n) is 5.49. The summed E-state index contributed by atoms with van der Waals surface area (Å²) in [6.45, 7) is 1.49. The van der Waals surface area contributed by atoms with Gasteiger partial charge in [0, 0.05) is 19.0 Å². The predicted octanol–water partition coefficient (Wildman–Crippen LogP) is 1.51. The molecule has 0 unspecified atom stereocenters. The second kappa shape index (κ2) is 5.10. The zero-order valence-corrected chi connectivity index (χ0v) is 10.8. The van der Waals surface area contributed by atoms with Crippen molar-refractivity contribution in [1.29, 1.82) is 0 Å². The summed E-state index contributed by atoms with van der Waals surface area (Å²) in [5, 5.41) is 1.19. The number of H-pyrrole nitrogens is 1. The highest BCUT2D eigenvalue weighted by Gasteiger charge is 2.26. The average Bonchev–Trinajstić information content (AvgIpc) is 2.29. The Morgan fingerprint density at radius 2 is 1.82 bits per heavy atom. The van der Waals surface area contributed by atoms with Crippen molar-refractivity contribution in [2.24, 2.45) is 11.7 Å². The topological polar surface area (TPSA) is 60.5 Å². The lowest BCUT2D eigenvalue weighted by Crippen LogP contribution is -2.39. The van der Waals surface area contributed by atoms with E-state index in [-0.39, 0.29) is 11.8 Å². The molecule has 2 rings (SSSR count). The Bertz CT molecular complexity index is 410. The van der Waals surface area contributed by atoms with Gasteiger partial charge >= 0.3 is 0 Å². The zero-order chi connectivity index (χ0) is 12.4. The first-order chi connectivity index (χ1) is 8.09. The molecule has 1 aromatic rings. The number of anilines is 1. The monoisotopic (exact) mass is 274 g/mol. The number of rotatable bonds is 2. The number of nitrogens with two attached hydrogens (primary N) is 1. The summed E-state index contributed by atoms with van der Waals surface area (Å²) in [6, 6.07) is 0. The van der Waals surface area contributed by atoms with E-state index in [4.69, 9.17) is 28.9 Å². The molecule has 3 N–H and O–H groups in total. The molecule has 6 heteroatoms. The minimum absolute atomic E-state index is 0.0286. The van der Waals surface area contributed by atoms with Gasteiger partial charge in [0.2, 0.25) is 5.91 Å². The van der Waals surface area contributed by atoms with Crippen LogP contribution in [-0.4, -0.2) is 19.0 Å². The summed E-state index contributed by atoms with van der Waals surface area (Å²) >= 11 is 12.2. The maximum Gasteiger partial charge on any atom is 0.220 e. The Labute approximate surface area is 110 Å². The number of primary amides is 1. The normalized spacial score (nSPS) is 17.2. The lowest BCUT2D eigenvalue weighted by Gasteiger charge is -2.32. The van der Waals surface area contributed by atoms with E-state index in [1.807, 2.05) is 0 Å². The van der Waals surface area contributed by atoms with Crippen molar-refractivity contribution in [3.05, 3.63) is 22.4 Å². The maximum absolute atomic E-state index is 11.1. The molecule has 0 spiro atoms. The molecule has 0 atom stereocenters. The van der Waals surface area contributed by atoms with E-state index < -0.39 is 0 Å². The Morgan fingerprint density at radius 1 is 1.29 bits per heavy atom. The standard InChI is InChI=1S/C11H13Cl2N3O/c12-8-5-15-6-9(13)10(8)16-3-1-7(2-4-16)11(14)17/h5-7H,1-4H2,(H2,14,17)/p+1. The van der Waals surface area contributed by atoms with Crippen molar-refractivity contribution in [3.63, 3.8) is 0 Å². The number of pyridine rings is 1. The number of halogens is 2. The molecule has 0 bridgehead atoms. The van der Waals surface area contributed by atoms with Crippen LogP contribution >= 0.6 is 23.2 Å². The fraction of sp³-hybridized carbons (Fsp3) is 0.455. The second-order valence-electron chi connectivity index (χ2n) is 4.16. The summed E-state index contributed by atoms with van der Waals surface area (Å²) in [6.07, 6.45) is 4.90. The molecule has 1 aliphatic heterocycles. The van der Waals surface area contributed by atoms with Crippen LogP contribution in [0.5, 0.6) is 0 Å². The third-order valence-electron chi connectivity index (χ3n) is 3.09. The van der Waals surface area contributed by atoms with E-state index in [1.54, 1.807) is 12.4 Å². The van der Waals surface area contributed by atoms with Gasteiger partial charge in [-0.3, -0.25) is 4.79 Å². The molecule has 0 radical (unpaired) electrons. The van der Waals surface area contributed by atoms with Gasteiger partial charge in [0.1, 0.15) is 10.0 Å². The maximum atomic E-state index is 11.1. The van der Waals surface area contributed by atoms with Crippen LogP contribution in [0.1, 0.15) is 12.8 Å². The highest BCUT2D eigenvalue weighted by Crippen LogP contribution is 2.34. The summed E-state index contributed by atoms with van der Waals surface area (Å²) in [7, 11) is 0. The Kier molecular flexibility index (Phi) is 3.74. The highest BCUT2D eigenvalue weighted by molar-refractivity contribution is 6.38. The summed E-state index contributed by atoms with van der Waals surface area (Å²) in [5.41, 5.74) is 6.13. The minimum atomic E-state index is -0.219. The summed E-state index contributed by atoms with van der Waals surface area (Å²) in [5.74, 6) is -0.248. The molecule has 4 nitrogen and oxygen atoms in total. The number of carbonyl (C=O) groups is 1. The van der Waals surface area contributed by atoms with Crippen molar-refractivity contribution in [2.45, 2.75) is 12.8 Å². The van der Waals surface area contributed by atoms with Gasteiger partial charge in [-0.1, -0.05) is 23.2 Å². The molecule has 1 aliphatic rings. The van der Waals surface area contributed by atoms with Gasteiger partial charge in [-0.05, 0) is 12.8 Å². The van der Waals surface area contributed by atoms with Crippen LogP contribution < -0.4 is 15.6 Å². The van der Waals surface area contributed by atoms with E-state index in [0.717, 1.165) is 31.6 Å². The van der Waals surface area contributed by atoms with E-state index in [1.165, 1.54) is 0 Å². The lowest BCUT2D eigenvalue weighted by molar-refractivity contribution is -0.377. The Balaban J connectivity index is 2.13. The molecule has 0 saturated carbocycles. The van der Waals surface area contributed by atoms with Gasteiger partial charge < -0.3 is 10.6 Å². The first kappa shape index (κ1) is 12.5. The van der Waals surface area contributed by atoms with Gasteiger partial charge in [-0.15, -0.1) is 0 Å². The summed E-state index contributed by atoms with van der Waals surface area (Å²) < 4.78 is 0. The number of amides is 1. The molecular formula is C11H14Cl2N3O+. The molecule has 17 heavy (non-hydrogen) atoms. The van der Waals surface area contributed by atoms with Gasteiger partial charge in [0.15, 0.2) is 12.4 Å². The number of nitrogens with one attached hydrogen (secondary N) is 1. The molecule has 1 saturated heterocycles. The van der Waals surface area contributed by atoms with Crippen LogP contribution in [0, 0.1) is 5.92 Å².